The first-order chi connectivity index (χ1) is 8.40. The van der Waals surface area contributed by atoms with Gasteiger partial charge in [0.1, 0.15) is 4.90 Å². The molecule has 0 radical (unpaired) electrons. The lowest BCUT2D eigenvalue weighted by molar-refractivity contribution is 0.601. The molecule has 0 saturated carbocycles. The third-order valence-corrected chi connectivity index (χ3v) is 3.99. The largest absolute Gasteiger partial charge is 0.398 e. The number of benzene rings is 1. The molecule has 1 heterocycles. The molecule has 1 aromatic carbocycles. The summed E-state index contributed by atoms with van der Waals surface area (Å²) in [4.78, 5) is 0.0494. The minimum absolute atomic E-state index is 0.0494. The highest BCUT2D eigenvalue weighted by atomic mass is 32.2. The third-order valence-electron chi connectivity index (χ3n) is 2.56. The Hall–Kier alpha value is -2.02. The van der Waals surface area contributed by atoms with Gasteiger partial charge in [-0.25, -0.2) is 8.42 Å². The quantitative estimate of drug-likeness (QED) is 0.814. The molecule has 0 saturated heterocycles. The Bertz CT molecular complexity index is 657. The lowest BCUT2D eigenvalue weighted by Gasteiger charge is -2.07. The van der Waals surface area contributed by atoms with Crippen LogP contribution in [0.5, 0.6) is 0 Å². The second-order valence-corrected chi connectivity index (χ2v) is 5.59. The molecular weight excluding hydrogens is 252 g/mol. The molecule has 0 amide bonds. The zero-order valence-electron chi connectivity index (χ0n) is 10.1. The summed E-state index contributed by atoms with van der Waals surface area (Å²) in [5.41, 5.74) is 6.71. The Kier molecular flexibility index (Phi) is 3.00. The van der Waals surface area contributed by atoms with Crippen LogP contribution in [0.1, 0.15) is 5.69 Å². The Morgan fingerprint density at radius 3 is 2.56 bits per heavy atom. The summed E-state index contributed by atoms with van der Waals surface area (Å²) >= 11 is 0. The molecule has 7 heteroatoms. The standard InChI is InChI=1S/C11H14N4O2S/c1-8-7-11(13-15(8)2)14-18(16,17)10-6-4-3-5-9(10)12/h3-7H,12H2,1-2H3,(H,13,14). The smallest absolute Gasteiger partial charge is 0.265 e. The van der Waals surface area contributed by atoms with Crippen molar-refractivity contribution in [1.82, 2.24) is 9.78 Å². The molecule has 3 N–H and O–H groups in total. The zero-order valence-corrected chi connectivity index (χ0v) is 10.9. The Morgan fingerprint density at radius 2 is 2.00 bits per heavy atom. The predicted molar refractivity (Wildman–Crippen MR) is 69.6 cm³/mol. The number of aryl methyl sites for hydroxylation is 2. The minimum Gasteiger partial charge on any atom is -0.398 e. The Balaban J connectivity index is 2.36. The first-order valence-electron chi connectivity index (χ1n) is 5.28. The lowest BCUT2D eigenvalue weighted by atomic mass is 10.3. The monoisotopic (exact) mass is 266 g/mol. The van der Waals surface area contributed by atoms with Gasteiger partial charge in [-0.05, 0) is 19.1 Å². The molecule has 0 aliphatic rings. The maximum absolute atomic E-state index is 12.1. The predicted octanol–water partition coefficient (Wildman–Crippen LogP) is 1.11. The molecule has 0 aliphatic heterocycles. The van der Waals surface area contributed by atoms with Crippen molar-refractivity contribution in [3.05, 3.63) is 36.0 Å². The fraction of sp³-hybridized carbons (Fsp3) is 0.182. The van der Waals surface area contributed by atoms with Gasteiger partial charge in [-0.2, -0.15) is 5.10 Å². The van der Waals surface area contributed by atoms with Crippen LogP contribution in [-0.4, -0.2) is 18.2 Å². The molecule has 6 nitrogen and oxygen atoms in total. The minimum atomic E-state index is -3.70. The van der Waals surface area contributed by atoms with Crippen molar-refractivity contribution in [2.24, 2.45) is 7.05 Å². The number of hydrogen-bond donors (Lipinski definition) is 2. The molecule has 0 atom stereocenters. The summed E-state index contributed by atoms with van der Waals surface area (Å²) in [5.74, 6) is 0.276. The van der Waals surface area contributed by atoms with Crippen molar-refractivity contribution in [2.75, 3.05) is 10.5 Å². The van der Waals surface area contributed by atoms with Crippen LogP contribution >= 0.6 is 0 Å². The van der Waals surface area contributed by atoms with Gasteiger partial charge in [0.15, 0.2) is 5.82 Å². The summed E-state index contributed by atoms with van der Waals surface area (Å²) in [6, 6.07) is 7.94. The van der Waals surface area contributed by atoms with Gasteiger partial charge in [-0.3, -0.25) is 9.40 Å². The summed E-state index contributed by atoms with van der Waals surface area (Å²) in [7, 11) is -1.96. The molecule has 0 spiro atoms. The molecule has 1 aromatic heterocycles. The molecule has 0 fully saturated rings. The van der Waals surface area contributed by atoms with Gasteiger partial charge in [0, 0.05) is 18.8 Å². The van der Waals surface area contributed by atoms with Gasteiger partial charge in [0.05, 0.1) is 5.69 Å². The van der Waals surface area contributed by atoms with E-state index in [0.29, 0.717) is 0 Å². The van der Waals surface area contributed by atoms with E-state index >= 15 is 0 Å². The Labute approximate surface area is 105 Å². The molecule has 2 aromatic rings. The normalized spacial score (nSPS) is 11.4. The number of rotatable bonds is 3. The average molecular weight is 266 g/mol. The van der Waals surface area contributed by atoms with E-state index in [9.17, 15) is 8.42 Å². The van der Waals surface area contributed by atoms with Gasteiger partial charge in [0.25, 0.3) is 10.0 Å². The summed E-state index contributed by atoms with van der Waals surface area (Å²) < 4.78 is 28.2. The van der Waals surface area contributed by atoms with E-state index in [1.807, 2.05) is 6.92 Å². The number of sulfonamides is 1. The SMILES string of the molecule is Cc1cc(NS(=O)(=O)c2ccccc2N)nn1C. The number of nitrogens with two attached hydrogens (primary N) is 1. The number of aromatic nitrogens is 2. The number of hydrogen-bond acceptors (Lipinski definition) is 4. The average Bonchev–Trinajstić information content (AvgIpc) is 2.57. The van der Waals surface area contributed by atoms with Gasteiger partial charge < -0.3 is 5.73 Å². The highest BCUT2D eigenvalue weighted by Gasteiger charge is 2.18. The second-order valence-electron chi connectivity index (χ2n) is 3.94. The van der Waals surface area contributed by atoms with E-state index in [4.69, 9.17) is 5.73 Å². The van der Waals surface area contributed by atoms with Crippen LogP contribution in [0.3, 0.4) is 0 Å². The third kappa shape index (κ3) is 2.30. The van der Waals surface area contributed by atoms with Crippen LogP contribution in [0.15, 0.2) is 35.2 Å². The van der Waals surface area contributed by atoms with E-state index in [0.717, 1.165) is 5.69 Å². The van der Waals surface area contributed by atoms with Crippen LogP contribution in [-0.2, 0) is 17.1 Å². The molecular formula is C11H14N4O2S. The zero-order chi connectivity index (χ0) is 13.3. The summed E-state index contributed by atoms with van der Waals surface area (Å²) in [5, 5.41) is 4.04. The highest BCUT2D eigenvalue weighted by Crippen LogP contribution is 2.20. The van der Waals surface area contributed by atoms with Crippen molar-refractivity contribution in [1.29, 1.82) is 0 Å². The topological polar surface area (TPSA) is 90.0 Å². The van der Waals surface area contributed by atoms with Crippen LogP contribution in [0.2, 0.25) is 0 Å². The Morgan fingerprint density at radius 1 is 1.33 bits per heavy atom. The summed E-state index contributed by atoms with van der Waals surface area (Å²) in [6.07, 6.45) is 0. The van der Waals surface area contributed by atoms with Crippen LogP contribution in [0.4, 0.5) is 11.5 Å². The maximum atomic E-state index is 12.1. The molecule has 18 heavy (non-hydrogen) atoms. The van der Waals surface area contributed by atoms with E-state index < -0.39 is 10.0 Å². The summed E-state index contributed by atoms with van der Waals surface area (Å²) in [6.45, 7) is 1.83. The molecule has 0 aliphatic carbocycles. The van der Waals surface area contributed by atoms with Crippen LogP contribution < -0.4 is 10.5 Å². The van der Waals surface area contributed by atoms with E-state index in [-0.39, 0.29) is 16.4 Å². The van der Waals surface area contributed by atoms with Crippen molar-refractivity contribution >= 4 is 21.5 Å². The van der Waals surface area contributed by atoms with Crippen LogP contribution in [0.25, 0.3) is 0 Å². The molecule has 96 valence electrons. The number of nitrogens with one attached hydrogen (secondary N) is 1. The number of para-hydroxylation sites is 1. The fourth-order valence-electron chi connectivity index (χ4n) is 1.53. The molecule has 0 bridgehead atoms. The van der Waals surface area contributed by atoms with Crippen molar-refractivity contribution < 1.29 is 8.42 Å². The van der Waals surface area contributed by atoms with Crippen molar-refractivity contribution in [3.8, 4) is 0 Å². The van der Waals surface area contributed by atoms with Gasteiger partial charge in [-0.15, -0.1) is 0 Å². The first kappa shape index (κ1) is 12.4. The number of anilines is 2. The number of nitrogen functional groups attached to an aromatic ring is 1. The van der Waals surface area contributed by atoms with E-state index in [1.54, 1.807) is 29.9 Å². The second kappa shape index (κ2) is 4.34. The molecule has 0 unspecified atom stereocenters. The van der Waals surface area contributed by atoms with Gasteiger partial charge >= 0.3 is 0 Å². The van der Waals surface area contributed by atoms with E-state index in [2.05, 4.69) is 9.82 Å². The van der Waals surface area contributed by atoms with Crippen molar-refractivity contribution in [2.45, 2.75) is 11.8 Å². The lowest BCUT2D eigenvalue weighted by Crippen LogP contribution is -2.15. The highest BCUT2D eigenvalue weighted by molar-refractivity contribution is 7.92. The van der Waals surface area contributed by atoms with Gasteiger partial charge in [0.2, 0.25) is 0 Å². The van der Waals surface area contributed by atoms with E-state index in [1.165, 1.54) is 12.1 Å². The fourth-order valence-corrected chi connectivity index (χ4v) is 2.65. The van der Waals surface area contributed by atoms with Crippen molar-refractivity contribution in [3.63, 3.8) is 0 Å². The van der Waals surface area contributed by atoms with Crippen LogP contribution in [0, 0.1) is 6.92 Å². The first-order valence-corrected chi connectivity index (χ1v) is 6.76. The van der Waals surface area contributed by atoms with Gasteiger partial charge in [-0.1, -0.05) is 12.1 Å². The maximum Gasteiger partial charge on any atom is 0.265 e. The molecule has 2 rings (SSSR count). The number of nitrogens with zero attached hydrogens (tertiary/aromatic N) is 2.